The van der Waals surface area contributed by atoms with E-state index >= 15 is 0 Å². The van der Waals surface area contributed by atoms with Crippen molar-refractivity contribution >= 4 is 44.8 Å². The predicted molar refractivity (Wildman–Crippen MR) is 117 cm³/mol. The van der Waals surface area contributed by atoms with Gasteiger partial charge in [0, 0.05) is 29.7 Å². The van der Waals surface area contributed by atoms with E-state index in [0.717, 1.165) is 11.3 Å². The normalized spacial score (nSPS) is 16.2. The molecule has 8 heteroatoms. The van der Waals surface area contributed by atoms with Crippen molar-refractivity contribution in [2.24, 2.45) is 5.92 Å². The number of piperidine rings is 1. The van der Waals surface area contributed by atoms with E-state index in [4.69, 9.17) is 23.2 Å². The van der Waals surface area contributed by atoms with Gasteiger partial charge in [0.15, 0.2) is 0 Å². The molecule has 0 spiro atoms. The summed E-state index contributed by atoms with van der Waals surface area (Å²) in [6, 6.07) is 12.2. The number of rotatable bonds is 5. The fourth-order valence-electron chi connectivity index (χ4n) is 3.39. The fraction of sp³-hybridized carbons (Fsp3) is 0.381. The Morgan fingerprint density at radius 3 is 2.45 bits per heavy atom. The van der Waals surface area contributed by atoms with Crippen LogP contribution in [0.25, 0.3) is 0 Å². The predicted octanol–water partition coefficient (Wildman–Crippen LogP) is 5.16. The van der Waals surface area contributed by atoms with E-state index < -0.39 is 10.0 Å². The van der Waals surface area contributed by atoms with Gasteiger partial charge >= 0.3 is 0 Å². The Morgan fingerprint density at radius 2 is 1.79 bits per heavy atom. The Balaban J connectivity index is 1.65. The summed E-state index contributed by atoms with van der Waals surface area (Å²) >= 11 is 12.0. The molecular formula is C21H24Cl2N2O3S. The quantitative estimate of drug-likeness (QED) is 0.678. The van der Waals surface area contributed by atoms with Crippen LogP contribution >= 0.6 is 23.2 Å². The number of benzene rings is 2. The maximum Gasteiger partial charge on any atom is 0.244 e. The van der Waals surface area contributed by atoms with Crippen LogP contribution in [0.4, 0.5) is 5.69 Å². The number of carbonyl (C=O) groups is 1. The van der Waals surface area contributed by atoms with Crippen LogP contribution in [0.3, 0.4) is 0 Å². The van der Waals surface area contributed by atoms with Crippen LogP contribution in [-0.4, -0.2) is 31.7 Å². The maximum atomic E-state index is 12.9. The highest BCUT2D eigenvalue weighted by molar-refractivity contribution is 7.89. The largest absolute Gasteiger partial charge is 0.326 e. The van der Waals surface area contributed by atoms with Crippen molar-refractivity contribution in [3.05, 3.63) is 58.1 Å². The zero-order valence-corrected chi connectivity index (χ0v) is 18.7. The van der Waals surface area contributed by atoms with Gasteiger partial charge in [0.25, 0.3) is 0 Å². The van der Waals surface area contributed by atoms with E-state index in [2.05, 4.69) is 19.2 Å². The first-order valence-corrected chi connectivity index (χ1v) is 11.7. The standard InChI is InChI=1S/C21H24Cl2N2O3S/c1-14(2)16-4-3-5-18(12-16)24-21(26)15-8-10-25(11-9-15)29(27,28)20-13-17(22)6-7-19(20)23/h3-7,12-15H,8-11H2,1-2H3,(H,24,26). The molecule has 0 unspecified atom stereocenters. The van der Waals surface area contributed by atoms with Crippen molar-refractivity contribution in [3.63, 3.8) is 0 Å². The number of anilines is 1. The molecule has 0 aliphatic carbocycles. The minimum absolute atomic E-state index is 0.0000635. The van der Waals surface area contributed by atoms with Gasteiger partial charge in [0.2, 0.25) is 15.9 Å². The van der Waals surface area contributed by atoms with Crippen LogP contribution in [-0.2, 0) is 14.8 Å². The third-order valence-corrected chi connectivity index (χ3v) is 7.77. The molecule has 1 N–H and O–H groups in total. The SMILES string of the molecule is CC(C)c1cccc(NC(=O)C2CCN(S(=O)(=O)c3cc(Cl)ccc3Cl)CC2)c1. The van der Waals surface area contributed by atoms with E-state index in [1.54, 1.807) is 6.07 Å². The van der Waals surface area contributed by atoms with E-state index in [1.165, 1.54) is 16.4 Å². The van der Waals surface area contributed by atoms with Crippen molar-refractivity contribution in [1.82, 2.24) is 4.31 Å². The molecule has 0 aromatic heterocycles. The van der Waals surface area contributed by atoms with Crippen molar-refractivity contribution in [3.8, 4) is 0 Å². The molecule has 3 rings (SSSR count). The Kier molecular flexibility index (Phi) is 6.89. The van der Waals surface area contributed by atoms with Crippen LogP contribution in [0.5, 0.6) is 0 Å². The second kappa shape index (κ2) is 9.04. The minimum Gasteiger partial charge on any atom is -0.326 e. The van der Waals surface area contributed by atoms with Crippen LogP contribution in [0.15, 0.2) is 47.4 Å². The van der Waals surface area contributed by atoms with Crippen LogP contribution in [0.1, 0.15) is 38.2 Å². The molecule has 2 aromatic rings. The lowest BCUT2D eigenvalue weighted by atomic mass is 9.97. The summed E-state index contributed by atoms with van der Waals surface area (Å²) in [7, 11) is -3.75. The highest BCUT2D eigenvalue weighted by atomic mass is 35.5. The van der Waals surface area contributed by atoms with Crippen LogP contribution < -0.4 is 5.32 Å². The molecule has 0 radical (unpaired) electrons. The molecule has 1 amide bonds. The first-order valence-electron chi connectivity index (χ1n) is 9.54. The molecule has 1 aliphatic heterocycles. The highest BCUT2D eigenvalue weighted by Gasteiger charge is 2.33. The summed E-state index contributed by atoms with van der Waals surface area (Å²) in [5.74, 6) is 0.0568. The van der Waals surface area contributed by atoms with E-state index in [-0.39, 0.29) is 34.8 Å². The van der Waals surface area contributed by atoms with Crippen molar-refractivity contribution in [1.29, 1.82) is 0 Å². The third-order valence-electron chi connectivity index (χ3n) is 5.16. The lowest BCUT2D eigenvalue weighted by Crippen LogP contribution is -2.41. The number of nitrogens with one attached hydrogen (secondary N) is 1. The second-order valence-electron chi connectivity index (χ2n) is 7.52. The molecule has 1 saturated heterocycles. The van der Waals surface area contributed by atoms with Gasteiger partial charge in [-0.05, 0) is 54.7 Å². The first-order chi connectivity index (χ1) is 13.7. The molecule has 1 heterocycles. The molecule has 0 saturated carbocycles. The molecule has 1 aliphatic rings. The molecular weight excluding hydrogens is 431 g/mol. The first kappa shape index (κ1) is 22.1. The number of carbonyl (C=O) groups excluding carboxylic acids is 1. The highest BCUT2D eigenvalue weighted by Crippen LogP contribution is 2.30. The number of halogens is 2. The summed E-state index contributed by atoms with van der Waals surface area (Å²) in [6.07, 6.45) is 0.903. The third kappa shape index (κ3) is 5.12. The molecule has 2 aromatic carbocycles. The van der Waals surface area contributed by atoms with Crippen molar-refractivity contribution in [2.45, 2.75) is 37.5 Å². The van der Waals surface area contributed by atoms with E-state index in [1.807, 2.05) is 24.3 Å². The molecule has 156 valence electrons. The van der Waals surface area contributed by atoms with Crippen molar-refractivity contribution in [2.75, 3.05) is 18.4 Å². The Hall–Kier alpha value is -1.60. The minimum atomic E-state index is -3.75. The fourth-order valence-corrected chi connectivity index (χ4v) is 5.60. The van der Waals surface area contributed by atoms with Crippen LogP contribution in [0.2, 0.25) is 10.0 Å². The smallest absolute Gasteiger partial charge is 0.244 e. The van der Waals surface area contributed by atoms with E-state index in [9.17, 15) is 13.2 Å². The van der Waals surface area contributed by atoms with Gasteiger partial charge in [-0.3, -0.25) is 4.79 Å². The molecule has 1 fully saturated rings. The number of hydrogen-bond donors (Lipinski definition) is 1. The van der Waals surface area contributed by atoms with E-state index in [0.29, 0.717) is 23.8 Å². The number of sulfonamides is 1. The van der Waals surface area contributed by atoms with Gasteiger partial charge < -0.3 is 5.32 Å². The van der Waals surface area contributed by atoms with Crippen molar-refractivity contribution < 1.29 is 13.2 Å². The van der Waals surface area contributed by atoms with Gasteiger partial charge in [0.1, 0.15) is 4.90 Å². The molecule has 0 atom stereocenters. The average molecular weight is 455 g/mol. The Labute approximate surface area is 182 Å². The van der Waals surface area contributed by atoms with Gasteiger partial charge in [0.05, 0.1) is 5.02 Å². The van der Waals surface area contributed by atoms with Gasteiger partial charge in [-0.15, -0.1) is 0 Å². The summed E-state index contributed by atoms with van der Waals surface area (Å²) < 4.78 is 27.2. The lowest BCUT2D eigenvalue weighted by Gasteiger charge is -2.30. The van der Waals surface area contributed by atoms with Gasteiger partial charge in [-0.25, -0.2) is 8.42 Å². The number of nitrogens with zero attached hydrogens (tertiary/aromatic N) is 1. The lowest BCUT2D eigenvalue weighted by molar-refractivity contribution is -0.120. The summed E-state index contributed by atoms with van der Waals surface area (Å²) in [5.41, 5.74) is 1.92. The Morgan fingerprint density at radius 1 is 1.10 bits per heavy atom. The van der Waals surface area contributed by atoms with Gasteiger partial charge in [-0.2, -0.15) is 4.31 Å². The summed E-state index contributed by atoms with van der Waals surface area (Å²) in [4.78, 5) is 12.7. The summed E-state index contributed by atoms with van der Waals surface area (Å²) in [5, 5.41) is 3.41. The van der Waals surface area contributed by atoms with Crippen LogP contribution in [0, 0.1) is 5.92 Å². The van der Waals surface area contributed by atoms with Gasteiger partial charge in [-0.1, -0.05) is 49.2 Å². The second-order valence-corrected chi connectivity index (χ2v) is 10.3. The molecule has 29 heavy (non-hydrogen) atoms. The zero-order valence-electron chi connectivity index (χ0n) is 16.4. The monoisotopic (exact) mass is 454 g/mol. The Bertz CT molecular complexity index is 1000. The average Bonchev–Trinajstić information content (AvgIpc) is 2.70. The zero-order chi connectivity index (χ0) is 21.2. The summed E-state index contributed by atoms with van der Waals surface area (Å²) in [6.45, 7) is 4.72. The molecule has 0 bridgehead atoms. The topological polar surface area (TPSA) is 66.5 Å². The molecule has 5 nitrogen and oxygen atoms in total. The maximum absolute atomic E-state index is 12.9. The number of amides is 1. The number of hydrogen-bond acceptors (Lipinski definition) is 3.